The third-order valence-electron chi connectivity index (χ3n) is 3.02. The summed E-state index contributed by atoms with van der Waals surface area (Å²) in [6.07, 6.45) is 11.1. The van der Waals surface area contributed by atoms with Crippen molar-refractivity contribution in [1.82, 2.24) is 9.97 Å². The first kappa shape index (κ1) is 12.2. The summed E-state index contributed by atoms with van der Waals surface area (Å²) in [6.45, 7) is 11.8. The molecule has 0 atom stereocenters. The van der Waals surface area contributed by atoms with E-state index in [-0.39, 0.29) is 0 Å². The van der Waals surface area contributed by atoms with Crippen LogP contribution in [0.1, 0.15) is 22.3 Å². The summed E-state index contributed by atoms with van der Waals surface area (Å²) in [5, 5.41) is 0. The van der Waals surface area contributed by atoms with Gasteiger partial charge in [-0.1, -0.05) is 25.3 Å². The standard InChI is InChI=1S/C16H16N2/c1-5-13-9-17-7-11(3)15(13)16-12(4)8-18-10-14(16)6-2/h5-10H,1-2H2,3-4H3. The molecule has 0 radical (unpaired) electrons. The zero-order valence-corrected chi connectivity index (χ0v) is 10.8. The fourth-order valence-corrected chi connectivity index (χ4v) is 2.16. The van der Waals surface area contributed by atoms with Gasteiger partial charge in [0.2, 0.25) is 0 Å². The van der Waals surface area contributed by atoms with E-state index in [1.807, 2.05) is 36.9 Å². The maximum absolute atomic E-state index is 4.21. The zero-order chi connectivity index (χ0) is 13.1. The van der Waals surface area contributed by atoms with Crippen LogP contribution in [0.15, 0.2) is 37.9 Å². The lowest BCUT2D eigenvalue weighted by Crippen LogP contribution is -1.96. The second kappa shape index (κ2) is 4.96. The highest BCUT2D eigenvalue weighted by atomic mass is 14.6. The molecule has 2 aromatic heterocycles. The number of nitrogens with zero attached hydrogens (tertiary/aromatic N) is 2. The summed E-state index contributed by atoms with van der Waals surface area (Å²) in [6, 6.07) is 0. The van der Waals surface area contributed by atoms with Crippen molar-refractivity contribution in [2.75, 3.05) is 0 Å². The molecule has 0 fully saturated rings. The monoisotopic (exact) mass is 236 g/mol. The molecule has 0 aliphatic rings. The second-order valence-electron chi connectivity index (χ2n) is 4.25. The van der Waals surface area contributed by atoms with E-state index in [1.165, 1.54) is 0 Å². The summed E-state index contributed by atoms with van der Waals surface area (Å²) in [5.74, 6) is 0. The van der Waals surface area contributed by atoms with E-state index >= 15 is 0 Å². The fourth-order valence-electron chi connectivity index (χ4n) is 2.16. The molecule has 0 aromatic carbocycles. The van der Waals surface area contributed by atoms with E-state index in [0.29, 0.717) is 0 Å². The Morgan fingerprint density at radius 3 is 1.50 bits per heavy atom. The van der Waals surface area contributed by atoms with Crippen LogP contribution in [-0.2, 0) is 0 Å². The first-order chi connectivity index (χ1) is 8.69. The first-order valence-corrected chi connectivity index (χ1v) is 5.83. The summed E-state index contributed by atoms with van der Waals surface area (Å²) < 4.78 is 0. The smallest absolute Gasteiger partial charge is 0.0346 e. The Morgan fingerprint density at radius 1 is 0.778 bits per heavy atom. The van der Waals surface area contributed by atoms with Crippen LogP contribution in [-0.4, -0.2) is 9.97 Å². The Labute approximate surface area is 108 Å². The summed E-state index contributed by atoms with van der Waals surface area (Å²) in [5.41, 5.74) is 6.65. The molecular formula is C16H16N2. The van der Waals surface area contributed by atoms with Crippen LogP contribution in [0, 0.1) is 13.8 Å². The van der Waals surface area contributed by atoms with Gasteiger partial charge in [-0.15, -0.1) is 0 Å². The van der Waals surface area contributed by atoms with Gasteiger partial charge in [-0.3, -0.25) is 9.97 Å². The molecule has 0 aliphatic carbocycles. The maximum Gasteiger partial charge on any atom is 0.0346 e. The molecule has 0 spiro atoms. The van der Waals surface area contributed by atoms with Crippen molar-refractivity contribution in [3.8, 4) is 11.1 Å². The Kier molecular flexibility index (Phi) is 3.38. The Hall–Kier alpha value is -2.22. The molecule has 0 saturated heterocycles. The van der Waals surface area contributed by atoms with Crippen molar-refractivity contribution in [2.45, 2.75) is 13.8 Å². The molecule has 2 nitrogen and oxygen atoms in total. The minimum absolute atomic E-state index is 1.03. The van der Waals surface area contributed by atoms with Crippen molar-refractivity contribution >= 4 is 12.2 Å². The second-order valence-corrected chi connectivity index (χ2v) is 4.25. The van der Waals surface area contributed by atoms with Gasteiger partial charge in [-0.05, 0) is 36.1 Å². The number of hydrogen-bond donors (Lipinski definition) is 0. The lowest BCUT2D eigenvalue weighted by atomic mass is 9.91. The number of rotatable bonds is 3. The first-order valence-electron chi connectivity index (χ1n) is 5.83. The molecule has 2 heteroatoms. The summed E-state index contributed by atoms with van der Waals surface area (Å²) >= 11 is 0. The van der Waals surface area contributed by atoms with E-state index in [1.54, 1.807) is 0 Å². The fraction of sp³-hybridized carbons (Fsp3) is 0.125. The Bertz CT molecular complexity index is 557. The molecule has 0 aliphatic heterocycles. The third-order valence-corrected chi connectivity index (χ3v) is 3.02. The van der Waals surface area contributed by atoms with E-state index in [9.17, 15) is 0 Å². The average molecular weight is 236 g/mol. The molecule has 18 heavy (non-hydrogen) atoms. The molecule has 0 N–H and O–H groups in total. The molecule has 0 saturated carbocycles. The predicted octanol–water partition coefficient (Wildman–Crippen LogP) is 4.05. The zero-order valence-electron chi connectivity index (χ0n) is 10.8. The van der Waals surface area contributed by atoms with Gasteiger partial charge >= 0.3 is 0 Å². The molecule has 0 unspecified atom stereocenters. The van der Waals surface area contributed by atoms with E-state index in [4.69, 9.17) is 0 Å². The van der Waals surface area contributed by atoms with Gasteiger partial charge < -0.3 is 0 Å². The van der Waals surface area contributed by atoms with Crippen LogP contribution in [0.4, 0.5) is 0 Å². The highest BCUT2D eigenvalue weighted by Crippen LogP contribution is 2.33. The van der Waals surface area contributed by atoms with Crippen molar-refractivity contribution in [2.24, 2.45) is 0 Å². The molecule has 90 valence electrons. The van der Waals surface area contributed by atoms with Gasteiger partial charge in [-0.25, -0.2) is 0 Å². The van der Waals surface area contributed by atoms with Gasteiger partial charge in [0.05, 0.1) is 0 Å². The van der Waals surface area contributed by atoms with E-state index in [0.717, 1.165) is 33.4 Å². The highest BCUT2D eigenvalue weighted by molar-refractivity contribution is 5.84. The number of aromatic nitrogens is 2. The molecule has 0 bridgehead atoms. The molecule has 2 aromatic rings. The minimum atomic E-state index is 1.03. The number of hydrogen-bond acceptors (Lipinski definition) is 2. The van der Waals surface area contributed by atoms with Crippen LogP contribution >= 0.6 is 0 Å². The van der Waals surface area contributed by atoms with Gasteiger partial charge in [0.1, 0.15) is 0 Å². The SMILES string of the molecule is C=Cc1cncc(C)c1-c1c(C)cncc1C=C. The normalized spacial score (nSPS) is 10.1. The third kappa shape index (κ3) is 1.97. The lowest BCUT2D eigenvalue weighted by molar-refractivity contribution is 1.23. The van der Waals surface area contributed by atoms with Gasteiger partial charge in [-0.2, -0.15) is 0 Å². The van der Waals surface area contributed by atoms with Gasteiger partial charge in [0.15, 0.2) is 0 Å². The molecule has 2 rings (SSSR count). The van der Waals surface area contributed by atoms with Crippen LogP contribution in [0.5, 0.6) is 0 Å². The lowest BCUT2D eigenvalue weighted by Gasteiger charge is -2.14. The van der Waals surface area contributed by atoms with E-state index in [2.05, 4.69) is 37.0 Å². The predicted molar refractivity (Wildman–Crippen MR) is 77.1 cm³/mol. The van der Waals surface area contributed by atoms with Crippen molar-refractivity contribution < 1.29 is 0 Å². The largest absolute Gasteiger partial charge is 0.264 e. The summed E-state index contributed by atoms with van der Waals surface area (Å²) in [7, 11) is 0. The van der Waals surface area contributed by atoms with Gasteiger partial charge in [0, 0.05) is 35.9 Å². The number of aryl methyl sites for hydroxylation is 2. The number of pyridine rings is 2. The molecular weight excluding hydrogens is 220 g/mol. The van der Waals surface area contributed by atoms with Crippen LogP contribution in [0.25, 0.3) is 23.3 Å². The molecule has 2 heterocycles. The van der Waals surface area contributed by atoms with Crippen molar-refractivity contribution in [1.29, 1.82) is 0 Å². The highest BCUT2D eigenvalue weighted by Gasteiger charge is 2.12. The summed E-state index contributed by atoms with van der Waals surface area (Å²) in [4.78, 5) is 8.43. The Balaban J connectivity index is 2.84. The van der Waals surface area contributed by atoms with Crippen LogP contribution < -0.4 is 0 Å². The minimum Gasteiger partial charge on any atom is -0.264 e. The molecule has 0 amide bonds. The van der Waals surface area contributed by atoms with Gasteiger partial charge in [0.25, 0.3) is 0 Å². The maximum atomic E-state index is 4.21. The van der Waals surface area contributed by atoms with E-state index < -0.39 is 0 Å². The average Bonchev–Trinajstić information content (AvgIpc) is 2.38. The topological polar surface area (TPSA) is 25.8 Å². The van der Waals surface area contributed by atoms with Crippen LogP contribution in [0.3, 0.4) is 0 Å². The quantitative estimate of drug-likeness (QED) is 0.803. The van der Waals surface area contributed by atoms with Crippen molar-refractivity contribution in [3.05, 3.63) is 60.2 Å². The van der Waals surface area contributed by atoms with Crippen molar-refractivity contribution in [3.63, 3.8) is 0 Å². The van der Waals surface area contributed by atoms with Crippen LogP contribution in [0.2, 0.25) is 0 Å². The Morgan fingerprint density at radius 2 is 1.17 bits per heavy atom.